The van der Waals surface area contributed by atoms with Gasteiger partial charge >= 0.3 is 6.01 Å². The molecule has 0 radical (unpaired) electrons. The van der Waals surface area contributed by atoms with E-state index in [1.54, 1.807) is 49.6 Å². The van der Waals surface area contributed by atoms with Gasteiger partial charge in [-0.3, -0.25) is 9.59 Å². The van der Waals surface area contributed by atoms with E-state index in [2.05, 4.69) is 9.97 Å². The number of ether oxygens (including phenoxy) is 2. The van der Waals surface area contributed by atoms with Crippen molar-refractivity contribution in [3.8, 4) is 11.8 Å². The van der Waals surface area contributed by atoms with E-state index in [1.165, 1.54) is 0 Å². The molecule has 0 saturated carbocycles. The lowest BCUT2D eigenvalue weighted by atomic mass is 9.86. The van der Waals surface area contributed by atoms with Gasteiger partial charge in [-0.15, -0.1) is 0 Å². The molecule has 2 aromatic carbocycles. The van der Waals surface area contributed by atoms with Gasteiger partial charge in [0.15, 0.2) is 0 Å². The fraction of sp³-hybridized carbons (Fsp3) is 0.333. The molecule has 0 N–H and O–H groups in total. The average molecular weight is 473 g/mol. The Kier molecular flexibility index (Phi) is 6.46. The monoisotopic (exact) mass is 472 g/mol. The molecule has 2 amide bonds. The molecule has 8 heteroatoms. The molecule has 1 spiro atoms. The minimum Gasteiger partial charge on any atom is -0.424 e. The molecule has 35 heavy (non-hydrogen) atoms. The average Bonchev–Trinajstić information content (AvgIpc) is 3.28. The summed E-state index contributed by atoms with van der Waals surface area (Å²) in [6.45, 7) is 3.30. The maximum atomic E-state index is 13.2. The first kappa shape index (κ1) is 23.0. The highest BCUT2D eigenvalue weighted by Gasteiger charge is 2.46. The highest BCUT2D eigenvalue weighted by Crippen LogP contribution is 2.39. The predicted octanol–water partition coefficient (Wildman–Crippen LogP) is 4.09. The Hall–Kier alpha value is -3.78. The summed E-state index contributed by atoms with van der Waals surface area (Å²) in [4.78, 5) is 37.5. The summed E-state index contributed by atoms with van der Waals surface area (Å²) in [6.07, 6.45) is 5.45. The zero-order valence-corrected chi connectivity index (χ0v) is 19.7. The molecule has 2 saturated heterocycles. The molecule has 1 aromatic heterocycles. The lowest BCUT2D eigenvalue weighted by molar-refractivity contribution is -0.117. The molecule has 0 aliphatic carbocycles. The fourth-order valence-corrected chi connectivity index (χ4v) is 5.01. The lowest BCUT2D eigenvalue weighted by Gasteiger charge is -2.39. The number of amides is 2. The van der Waals surface area contributed by atoms with E-state index >= 15 is 0 Å². The smallest absolute Gasteiger partial charge is 0.321 e. The number of likely N-dealkylation sites (tertiary alicyclic amines) is 1. The summed E-state index contributed by atoms with van der Waals surface area (Å²) in [5, 5.41) is 0. The summed E-state index contributed by atoms with van der Waals surface area (Å²) < 4.78 is 12.0. The van der Waals surface area contributed by atoms with Gasteiger partial charge in [0.1, 0.15) is 5.75 Å². The number of anilines is 1. The number of benzene rings is 2. The van der Waals surface area contributed by atoms with E-state index in [1.807, 2.05) is 40.1 Å². The van der Waals surface area contributed by atoms with Gasteiger partial charge in [0, 0.05) is 43.7 Å². The Bertz CT molecular complexity index is 1180. The number of rotatable bonds is 5. The largest absolute Gasteiger partial charge is 0.424 e. The van der Waals surface area contributed by atoms with Crippen molar-refractivity contribution in [1.29, 1.82) is 0 Å². The van der Waals surface area contributed by atoms with Crippen molar-refractivity contribution in [2.45, 2.75) is 37.8 Å². The molecule has 2 aliphatic rings. The van der Waals surface area contributed by atoms with E-state index in [0.717, 1.165) is 24.9 Å². The zero-order valence-electron chi connectivity index (χ0n) is 19.7. The number of aromatic nitrogens is 2. The van der Waals surface area contributed by atoms with Crippen LogP contribution in [0.25, 0.3) is 0 Å². The van der Waals surface area contributed by atoms with Crippen molar-refractivity contribution in [1.82, 2.24) is 14.9 Å². The van der Waals surface area contributed by atoms with Crippen LogP contribution >= 0.6 is 0 Å². The van der Waals surface area contributed by atoms with Gasteiger partial charge in [0.25, 0.3) is 5.91 Å². The van der Waals surface area contributed by atoms with Crippen LogP contribution in [0.1, 0.15) is 36.5 Å². The van der Waals surface area contributed by atoms with Crippen LogP contribution < -0.4 is 9.64 Å². The number of para-hydroxylation sites is 1. The number of hydrogen-bond acceptors (Lipinski definition) is 6. The molecule has 5 rings (SSSR count). The van der Waals surface area contributed by atoms with Crippen LogP contribution in [0.2, 0.25) is 0 Å². The van der Waals surface area contributed by atoms with Crippen LogP contribution in [0.4, 0.5) is 5.69 Å². The topological polar surface area (TPSA) is 84.9 Å². The van der Waals surface area contributed by atoms with Gasteiger partial charge in [-0.2, -0.15) is 0 Å². The molecular weight excluding hydrogens is 444 g/mol. The number of nitrogens with zero attached hydrogens (tertiary/aromatic N) is 4. The first-order chi connectivity index (χ1) is 17.0. The van der Waals surface area contributed by atoms with Crippen molar-refractivity contribution < 1.29 is 19.1 Å². The van der Waals surface area contributed by atoms with E-state index in [0.29, 0.717) is 31.0 Å². The maximum absolute atomic E-state index is 13.2. The number of carbonyl (C=O) groups is 2. The molecule has 1 unspecified atom stereocenters. The third-order valence-corrected chi connectivity index (χ3v) is 6.72. The van der Waals surface area contributed by atoms with Crippen molar-refractivity contribution in [2.24, 2.45) is 0 Å². The van der Waals surface area contributed by atoms with Crippen LogP contribution in [0.3, 0.4) is 0 Å². The molecule has 8 nitrogen and oxygen atoms in total. The molecule has 1 atom stereocenters. The second-order valence-corrected chi connectivity index (χ2v) is 9.03. The van der Waals surface area contributed by atoms with Gasteiger partial charge in [-0.25, -0.2) is 9.97 Å². The van der Waals surface area contributed by atoms with Crippen molar-refractivity contribution >= 4 is 17.5 Å². The van der Waals surface area contributed by atoms with Crippen molar-refractivity contribution in [2.75, 3.05) is 24.6 Å². The van der Waals surface area contributed by atoms with E-state index in [9.17, 15) is 9.59 Å². The summed E-state index contributed by atoms with van der Waals surface area (Å²) in [6, 6.07) is 18.7. The minimum atomic E-state index is -0.306. The van der Waals surface area contributed by atoms with E-state index in [-0.39, 0.29) is 29.5 Å². The Labute approximate surface area is 204 Å². The lowest BCUT2D eigenvalue weighted by Crippen LogP contribution is -2.47. The first-order valence-corrected chi connectivity index (χ1v) is 11.9. The second-order valence-electron chi connectivity index (χ2n) is 9.03. The van der Waals surface area contributed by atoms with Crippen molar-refractivity contribution in [3.63, 3.8) is 0 Å². The third kappa shape index (κ3) is 5.02. The predicted molar refractivity (Wildman–Crippen MR) is 130 cm³/mol. The van der Waals surface area contributed by atoms with Gasteiger partial charge in [0.2, 0.25) is 5.91 Å². The van der Waals surface area contributed by atoms with Crippen molar-refractivity contribution in [3.05, 3.63) is 78.6 Å². The van der Waals surface area contributed by atoms with Gasteiger partial charge in [-0.05, 0) is 55.7 Å². The summed E-state index contributed by atoms with van der Waals surface area (Å²) in [5.74, 6) is 0.490. The molecule has 3 heterocycles. The normalized spacial score (nSPS) is 18.9. The summed E-state index contributed by atoms with van der Waals surface area (Å²) in [5.41, 5.74) is 1.15. The molecule has 0 bridgehead atoms. The van der Waals surface area contributed by atoms with Gasteiger partial charge in [-0.1, -0.05) is 24.3 Å². The summed E-state index contributed by atoms with van der Waals surface area (Å²) in [7, 11) is 0. The Morgan fingerprint density at radius 1 is 1.03 bits per heavy atom. The maximum Gasteiger partial charge on any atom is 0.321 e. The minimum absolute atomic E-state index is 0.00816. The third-order valence-electron chi connectivity index (χ3n) is 6.72. The number of hydrogen-bond donors (Lipinski definition) is 0. The van der Waals surface area contributed by atoms with E-state index in [4.69, 9.17) is 9.47 Å². The van der Waals surface area contributed by atoms with Crippen LogP contribution in [-0.2, 0) is 9.53 Å². The van der Waals surface area contributed by atoms with Crippen LogP contribution in [0.5, 0.6) is 11.8 Å². The highest BCUT2D eigenvalue weighted by molar-refractivity contribution is 5.94. The molecule has 2 fully saturated rings. The van der Waals surface area contributed by atoms with Crippen LogP contribution in [0.15, 0.2) is 73.1 Å². The Morgan fingerprint density at radius 3 is 2.49 bits per heavy atom. The Balaban J connectivity index is 1.22. The standard InChI is InChI=1S/C27H28N4O4/c1-20(32)31(22-8-3-2-4-9-22)23-18-27(34-19-23)11-15-30(16-12-27)25(33)21-7-5-10-24(17-21)35-26-28-13-6-14-29-26/h2-10,13-14,17,23H,11-12,15-16,18-19H2,1H3. The number of carbonyl (C=O) groups excluding carboxylic acids is 2. The SMILES string of the molecule is CC(=O)N(c1ccccc1)C1COC2(CCN(C(=O)c3cccc(Oc4ncccn4)c3)CC2)C1. The molecule has 180 valence electrons. The molecular formula is C27H28N4O4. The van der Waals surface area contributed by atoms with Gasteiger partial charge < -0.3 is 19.3 Å². The number of piperidine rings is 1. The fourth-order valence-electron chi connectivity index (χ4n) is 5.01. The first-order valence-electron chi connectivity index (χ1n) is 11.9. The summed E-state index contributed by atoms with van der Waals surface area (Å²) >= 11 is 0. The van der Waals surface area contributed by atoms with Gasteiger partial charge in [0.05, 0.1) is 18.2 Å². The molecule has 2 aliphatic heterocycles. The van der Waals surface area contributed by atoms with E-state index < -0.39 is 0 Å². The van der Waals surface area contributed by atoms with Crippen LogP contribution in [0, 0.1) is 0 Å². The van der Waals surface area contributed by atoms with Crippen LogP contribution in [-0.4, -0.2) is 58.0 Å². The second kappa shape index (κ2) is 9.84. The zero-order chi connectivity index (χ0) is 24.3. The molecule has 3 aromatic rings. The Morgan fingerprint density at radius 2 is 1.77 bits per heavy atom. The quantitative estimate of drug-likeness (QED) is 0.556. The highest BCUT2D eigenvalue weighted by atomic mass is 16.5.